The van der Waals surface area contributed by atoms with E-state index in [0.717, 1.165) is 54.8 Å². The minimum Gasteiger partial charge on any atom is -0.376 e. The number of piperidine rings is 1. The maximum Gasteiger partial charge on any atom is 0.122 e. The highest BCUT2D eigenvalue weighted by Crippen LogP contribution is 2.41. The molecule has 2 atom stereocenters. The largest absolute Gasteiger partial charge is 0.376 e. The Labute approximate surface area is 168 Å². The lowest BCUT2D eigenvalue weighted by Gasteiger charge is -2.43. The molecule has 2 saturated heterocycles. The summed E-state index contributed by atoms with van der Waals surface area (Å²) in [7, 11) is 0. The van der Waals surface area contributed by atoms with Gasteiger partial charge in [-0.1, -0.05) is 0 Å². The Balaban J connectivity index is 1.19. The SMILES string of the molecule is C[C@@H]1OCC2(CCN(C3=CNC(Sn4cccc5nncc4-5)=CN3)CC2)[C@@H]1N. The third kappa shape index (κ3) is 3.03. The summed E-state index contributed by atoms with van der Waals surface area (Å²) in [5.41, 5.74) is 8.46. The molecule has 0 aromatic rings. The number of hydrogen-bond donors (Lipinski definition) is 3. The van der Waals surface area contributed by atoms with Crippen LogP contribution in [-0.4, -0.2) is 50.9 Å². The average molecular weight is 400 g/mol. The van der Waals surface area contributed by atoms with Crippen LogP contribution in [-0.2, 0) is 4.74 Å². The molecule has 0 aromatic carbocycles. The fraction of sp³-hybridized carbons (Fsp3) is 0.474. The number of ether oxygens (including phenoxy) is 1. The van der Waals surface area contributed by atoms with Crippen LogP contribution in [0.25, 0.3) is 11.4 Å². The minimum atomic E-state index is 0.142. The van der Waals surface area contributed by atoms with E-state index in [-0.39, 0.29) is 17.6 Å². The van der Waals surface area contributed by atoms with E-state index in [2.05, 4.69) is 36.6 Å². The maximum atomic E-state index is 6.43. The Kier molecular flexibility index (Phi) is 4.45. The average Bonchev–Trinajstić information content (AvgIpc) is 3.31. The Bertz CT molecular complexity index is 886. The Morgan fingerprint density at radius 2 is 2.14 bits per heavy atom. The van der Waals surface area contributed by atoms with Gasteiger partial charge < -0.3 is 26.0 Å². The topological polar surface area (TPSA) is 93.3 Å². The van der Waals surface area contributed by atoms with Crippen LogP contribution < -0.4 is 16.4 Å². The highest BCUT2D eigenvalue weighted by atomic mass is 32.2. The van der Waals surface area contributed by atoms with Crippen LogP contribution in [0.3, 0.4) is 0 Å². The van der Waals surface area contributed by atoms with Crippen LogP contribution >= 0.6 is 11.9 Å². The number of nitrogens with two attached hydrogens (primary N) is 1. The van der Waals surface area contributed by atoms with Gasteiger partial charge in [0.05, 0.1) is 24.6 Å². The van der Waals surface area contributed by atoms with Crippen molar-refractivity contribution >= 4 is 11.9 Å². The fourth-order valence-electron chi connectivity index (χ4n) is 4.29. The molecule has 148 valence electrons. The number of fused-ring (bicyclic) bond motifs is 1. The molecule has 5 aliphatic heterocycles. The molecule has 0 unspecified atom stereocenters. The molecular weight excluding hydrogens is 374 g/mol. The Hall–Kier alpha value is -2.23. The van der Waals surface area contributed by atoms with E-state index in [1.165, 1.54) is 0 Å². The van der Waals surface area contributed by atoms with Gasteiger partial charge in [-0.3, -0.25) is 3.97 Å². The summed E-state index contributed by atoms with van der Waals surface area (Å²) < 4.78 is 7.88. The third-order valence-corrected chi connectivity index (χ3v) is 7.11. The fourth-order valence-corrected chi connectivity index (χ4v) is 5.10. The van der Waals surface area contributed by atoms with Gasteiger partial charge in [-0.25, -0.2) is 0 Å². The molecular formula is C19H25N7OS. The van der Waals surface area contributed by atoms with Gasteiger partial charge in [-0.05, 0) is 31.9 Å². The zero-order chi connectivity index (χ0) is 19.1. The molecule has 0 radical (unpaired) electrons. The molecule has 5 rings (SSSR count). The summed E-state index contributed by atoms with van der Waals surface area (Å²) in [6.07, 6.45) is 10.1. The summed E-state index contributed by atoms with van der Waals surface area (Å²) in [5.74, 6) is 1.10. The smallest absolute Gasteiger partial charge is 0.122 e. The highest BCUT2D eigenvalue weighted by molar-refractivity contribution is 8.01. The third-order valence-electron chi connectivity index (χ3n) is 6.17. The zero-order valence-electron chi connectivity index (χ0n) is 15.8. The lowest BCUT2D eigenvalue weighted by molar-refractivity contribution is 0.0758. The van der Waals surface area contributed by atoms with Crippen molar-refractivity contribution in [3.63, 3.8) is 0 Å². The molecule has 0 aromatic heterocycles. The van der Waals surface area contributed by atoms with Gasteiger partial charge in [-0.2, -0.15) is 5.10 Å². The molecule has 1 spiro atoms. The van der Waals surface area contributed by atoms with Crippen molar-refractivity contribution in [1.82, 2.24) is 29.7 Å². The van der Waals surface area contributed by atoms with Crippen molar-refractivity contribution in [3.05, 3.63) is 47.8 Å². The van der Waals surface area contributed by atoms with Crippen LogP contribution in [0.1, 0.15) is 19.8 Å². The van der Waals surface area contributed by atoms with Crippen molar-refractivity contribution < 1.29 is 4.74 Å². The summed E-state index contributed by atoms with van der Waals surface area (Å²) in [6.45, 7) is 4.85. The normalized spacial score (nSPS) is 26.7. The first-order valence-electron chi connectivity index (χ1n) is 9.67. The summed E-state index contributed by atoms with van der Waals surface area (Å²) >= 11 is 1.59. The van der Waals surface area contributed by atoms with E-state index in [9.17, 15) is 0 Å². The molecule has 5 heterocycles. The van der Waals surface area contributed by atoms with Gasteiger partial charge in [0.2, 0.25) is 0 Å². The van der Waals surface area contributed by atoms with Gasteiger partial charge >= 0.3 is 0 Å². The number of rotatable bonds is 3. The highest BCUT2D eigenvalue weighted by Gasteiger charge is 2.47. The lowest BCUT2D eigenvalue weighted by Crippen LogP contribution is -2.51. The molecule has 0 amide bonds. The van der Waals surface area contributed by atoms with Gasteiger partial charge in [0.1, 0.15) is 16.5 Å². The van der Waals surface area contributed by atoms with Gasteiger partial charge in [-0.15, -0.1) is 5.10 Å². The van der Waals surface area contributed by atoms with Crippen LogP contribution in [0.4, 0.5) is 0 Å². The van der Waals surface area contributed by atoms with Gasteiger partial charge in [0.15, 0.2) is 0 Å². The van der Waals surface area contributed by atoms with Gasteiger partial charge in [0, 0.05) is 55.1 Å². The number of aromatic nitrogens is 3. The van der Waals surface area contributed by atoms with Crippen molar-refractivity contribution in [2.24, 2.45) is 11.1 Å². The van der Waals surface area contributed by atoms with Crippen LogP contribution in [0, 0.1) is 5.41 Å². The second-order valence-electron chi connectivity index (χ2n) is 7.76. The first-order valence-corrected chi connectivity index (χ1v) is 10.4. The number of nitrogens with one attached hydrogen (secondary N) is 2. The van der Waals surface area contributed by atoms with Crippen molar-refractivity contribution in [3.8, 4) is 11.4 Å². The molecule has 5 aliphatic rings. The molecule has 2 fully saturated rings. The first kappa shape index (κ1) is 17.8. The molecule has 8 nitrogen and oxygen atoms in total. The first-order chi connectivity index (χ1) is 13.6. The molecule has 0 aliphatic carbocycles. The molecule has 28 heavy (non-hydrogen) atoms. The summed E-state index contributed by atoms with van der Waals surface area (Å²) in [4.78, 5) is 2.38. The van der Waals surface area contributed by atoms with Crippen molar-refractivity contribution in [2.45, 2.75) is 31.9 Å². The summed E-state index contributed by atoms with van der Waals surface area (Å²) in [6, 6.07) is 4.08. The van der Waals surface area contributed by atoms with E-state index in [1.807, 2.05) is 30.7 Å². The number of likely N-dealkylation sites (tertiary alicyclic amines) is 1. The van der Waals surface area contributed by atoms with Crippen LogP contribution in [0.5, 0.6) is 0 Å². The minimum absolute atomic E-state index is 0.142. The molecule has 0 bridgehead atoms. The molecule has 0 saturated carbocycles. The number of nitrogens with zero attached hydrogens (tertiary/aromatic N) is 4. The predicted molar refractivity (Wildman–Crippen MR) is 109 cm³/mol. The Morgan fingerprint density at radius 1 is 1.29 bits per heavy atom. The quantitative estimate of drug-likeness (QED) is 0.715. The predicted octanol–water partition coefficient (Wildman–Crippen LogP) is 1.50. The monoisotopic (exact) mass is 399 g/mol. The van der Waals surface area contributed by atoms with Gasteiger partial charge in [0.25, 0.3) is 0 Å². The second kappa shape index (κ2) is 6.98. The molecule has 4 N–H and O–H groups in total. The van der Waals surface area contributed by atoms with Crippen LogP contribution in [0.15, 0.2) is 47.8 Å². The van der Waals surface area contributed by atoms with E-state index in [0.29, 0.717) is 0 Å². The van der Waals surface area contributed by atoms with Crippen molar-refractivity contribution in [2.75, 3.05) is 19.7 Å². The van der Waals surface area contributed by atoms with Crippen LogP contribution in [0.2, 0.25) is 0 Å². The Morgan fingerprint density at radius 3 is 2.86 bits per heavy atom. The van der Waals surface area contributed by atoms with E-state index in [1.54, 1.807) is 18.1 Å². The zero-order valence-corrected chi connectivity index (χ0v) is 16.7. The van der Waals surface area contributed by atoms with E-state index in [4.69, 9.17) is 10.5 Å². The van der Waals surface area contributed by atoms with E-state index < -0.39 is 0 Å². The maximum absolute atomic E-state index is 6.43. The summed E-state index contributed by atoms with van der Waals surface area (Å²) in [5, 5.41) is 15.9. The van der Waals surface area contributed by atoms with E-state index >= 15 is 0 Å². The lowest BCUT2D eigenvalue weighted by atomic mass is 9.73. The number of pyridine rings is 1. The number of hydrogen-bond acceptors (Lipinski definition) is 8. The van der Waals surface area contributed by atoms with Crippen molar-refractivity contribution in [1.29, 1.82) is 0 Å². The molecule has 9 heteroatoms. The standard InChI is InChI=1S/C19H25N7OS/c1-13-18(20)19(12-27-13)4-7-25(8-5-19)16-10-22-17(11-21-16)28-26-6-2-3-14-15(26)9-23-24-14/h2-3,6,9-11,13,18,21-22H,4-5,7-8,12,20H2,1H3/t13-,18+/m0/s1. The second-order valence-corrected chi connectivity index (χ2v) is 8.77.